The maximum atomic E-state index is 11.8. The van der Waals surface area contributed by atoms with Crippen LogP contribution in [0.25, 0.3) is 6.08 Å². The molecular weight excluding hydrogens is 290 g/mol. The molecule has 0 amide bonds. The molecule has 0 aliphatic heterocycles. The van der Waals surface area contributed by atoms with Crippen LogP contribution in [0.15, 0.2) is 54.7 Å². The van der Waals surface area contributed by atoms with Crippen molar-refractivity contribution >= 4 is 22.0 Å². The SMILES string of the molecule is O=C(/C=C/c1ccc(CS(=O)(=O)O)cc1)c1ccccn1. The normalized spacial score (nSPS) is 11.7. The van der Waals surface area contributed by atoms with E-state index in [1.165, 1.54) is 6.08 Å². The molecule has 1 heterocycles. The first-order chi connectivity index (χ1) is 9.94. The minimum atomic E-state index is -4.03. The van der Waals surface area contributed by atoms with E-state index >= 15 is 0 Å². The highest BCUT2D eigenvalue weighted by molar-refractivity contribution is 7.85. The molecule has 0 fully saturated rings. The van der Waals surface area contributed by atoms with Gasteiger partial charge in [0, 0.05) is 6.20 Å². The molecule has 1 aromatic heterocycles. The van der Waals surface area contributed by atoms with Gasteiger partial charge < -0.3 is 0 Å². The number of hydrogen-bond acceptors (Lipinski definition) is 4. The van der Waals surface area contributed by atoms with Gasteiger partial charge in [-0.25, -0.2) is 0 Å². The fourth-order valence-corrected chi connectivity index (χ4v) is 2.32. The van der Waals surface area contributed by atoms with E-state index in [0.717, 1.165) is 5.56 Å². The maximum Gasteiger partial charge on any atom is 0.269 e. The minimum absolute atomic E-state index is 0.211. The molecule has 6 heteroatoms. The Morgan fingerprint density at radius 1 is 1.14 bits per heavy atom. The molecule has 21 heavy (non-hydrogen) atoms. The van der Waals surface area contributed by atoms with E-state index in [0.29, 0.717) is 11.3 Å². The highest BCUT2D eigenvalue weighted by atomic mass is 32.2. The van der Waals surface area contributed by atoms with Gasteiger partial charge in [0.15, 0.2) is 0 Å². The van der Waals surface area contributed by atoms with E-state index in [1.807, 2.05) is 0 Å². The summed E-state index contributed by atoms with van der Waals surface area (Å²) < 4.78 is 30.2. The van der Waals surface area contributed by atoms with Gasteiger partial charge in [-0.15, -0.1) is 0 Å². The van der Waals surface area contributed by atoms with Gasteiger partial charge in [-0.1, -0.05) is 36.4 Å². The molecule has 0 spiro atoms. The first kappa shape index (κ1) is 15.1. The number of ketones is 1. The van der Waals surface area contributed by atoms with E-state index in [-0.39, 0.29) is 5.78 Å². The van der Waals surface area contributed by atoms with Crippen LogP contribution in [-0.2, 0) is 15.9 Å². The molecule has 108 valence electrons. The molecule has 2 rings (SSSR count). The predicted octanol–water partition coefficient (Wildman–Crippen LogP) is 2.37. The standard InChI is InChI=1S/C15H13NO4S/c17-15(14-3-1-2-10-16-14)9-8-12-4-6-13(7-5-12)11-21(18,19)20/h1-10H,11H2,(H,18,19,20)/b9-8+. The second kappa shape index (κ2) is 6.43. The zero-order valence-corrected chi connectivity index (χ0v) is 11.8. The summed E-state index contributed by atoms with van der Waals surface area (Å²) in [6.45, 7) is 0. The van der Waals surface area contributed by atoms with Crippen LogP contribution in [0.5, 0.6) is 0 Å². The molecule has 1 N–H and O–H groups in total. The monoisotopic (exact) mass is 303 g/mol. The third-order valence-electron chi connectivity index (χ3n) is 2.67. The third kappa shape index (κ3) is 4.94. The van der Waals surface area contributed by atoms with Crippen molar-refractivity contribution in [3.63, 3.8) is 0 Å². The first-order valence-corrected chi connectivity index (χ1v) is 7.72. The number of rotatable bonds is 5. The Hall–Kier alpha value is -2.31. The summed E-state index contributed by atoms with van der Waals surface area (Å²) in [7, 11) is -4.03. The van der Waals surface area contributed by atoms with Crippen molar-refractivity contribution in [3.05, 3.63) is 71.6 Å². The van der Waals surface area contributed by atoms with Crippen molar-refractivity contribution in [1.29, 1.82) is 0 Å². The van der Waals surface area contributed by atoms with Gasteiger partial charge >= 0.3 is 0 Å². The minimum Gasteiger partial charge on any atom is -0.288 e. The lowest BCUT2D eigenvalue weighted by Gasteiger charge is -1.99. The Bertz CT molecular complexity index is 750. The molecule has 0 atom stereocenters. The number of carbonyl (C=O) groups is 1. The fourth-order valence-electron chi connectivity index (χ4n) is 1.70. The number of aromatic nitrogens is 1. The Labute approximate surface area is 122 Å². The average Bonchev–Trinajstić information content (AvgIpc) is 2.45. The Balaban J connectivity index is 2.07. The summed E-state index contributed by atoms with van der Waals surface area (Å²) in [5.74, 6) is -0.637. The molecule has 0 unspecified atom stereocenters. The lowest BCUT2D eigenvalue weighted by molar-refractivity contribution is 0.104. The second-order valence-electron chi connectivity index (χ2n) is 4.38. The Morgan fingerprint density at radius 2 is 1.86 bits per heavy atom. The largest absolute Gasteiger partial charge is 0.288 e. The van der Waals surface area contributed by atoms with Crippen LogP contribution in [0.1, 0.15) is 21.6 Å². The smallest absolute Gasteiger partial charge is 0.269 e. The maximum absolute atomic E-state index is 11.8. The van der Waals surface area contributed by atoms with Crippen molar-refractivity contribution in [3.8, 4) is 0 Å². The topological polar surface area (TPSA) is 84.3 Å². The summed E-state index contributed by atoms with van der Waals surface area (Å²) in [5, 5.41) is 0. The van der Waals surface area contributed by atoms with E-state index in [2.05, 4.69) is 4.98 Å². The molecule has 0 bridgehead atoms. The third-order valence-corrected chi connectivity index (χ3v) is 3.37. The molecule has 0 aliphatic carbocycles. The van der Waals surface area contributed by atoms with Crippen molar-refractivity contribution in [2.45, 2.75) is 5.75 Å². The van der Waals surface area contributed by atoms with E-state index in [4.69, 9.17) is 4.55 Å². The first-order valence-electron chi connectivity index (χ1n) is 6.11. The predicted molar refractivity (Wildman–Crippen MR) is 79.3 cm³/mol. The van der Waals surface area contributed by atoms with E-state index in [1.54, 1.807) is 54.7 Å². The number of allylic oxidation sites excluding steroid dienone is 1. The zero-order valence-electron chi connectivity index (χ0n) is 11.0. The van der Waals surface area contributed by atoms with Crippen LogP contribution < -0.4 is 0 Å². The van der Waals surface area contributed by atoms with Crippen LogP contribution >= 0.6 is 0 Å². The summed E-state index contributed by atoms with van der Waals surface area (Å²) in [5.41, 5.74) is 1.58. The number of hydrogen-bond donors (Lipinski definition) is 1. The van der Waals surface area contributed by atoms with E-state index in [9.17, 15) is 13.2 Å². The molecular formula is C15H13NO4S. The molecule has 1 aromatic carbocycles. The number of carbonyl (C=O) groups excluding carboxylic acids is 1. The Kier molecular flexibility index (Phi) is 4.62. The van der Waals surface area contributed by atoms with Crippen LogP contribution in [0.2, 0.25) is 0 Å². The summed E-state index contributed by atoms with van der Waals surface area (Å²) in [6, 6.07) is 11.6. The highest BCUT2D eigenvalue weighted by Crippen LogP contribution is 2.09. The number of nitrogens with zero attached hydrogens (tertiary/aromatic N) is 1. The second-order valence-corrected chi connectivity index (χ2v) is 5.83. The van der Waals surface area contributed by atoms with Gasteiger partial charge in [0.05, 0.1) is 0 Å². The fraction of sp³-hybridized carbons (Fsp3) is 0.0667. The molecule has 0 radical (unpaired) electrons. The number of pyridine rings is 1. The van der Waals surface area contributed by atoms with Crippen molar-refractivity contribution in [2.24, 2.45) is 0 Å². The molecule has 0 aliphatic rings. The van der Waals surface area contributed by atoms with Gasteiger partial charge in [-0.2, -0.15) is 8.42 Å². The summed E-state index contributed by atoms with van der Waals surface area (Å²) >= 11 is 0. The van der Waals surface area contributed by atoms with Gasteiger partial charge in [-0.3, -0.25) is 14.3 Å². The van der Waals surface area contributed by atoms with Crippen LogP contribution in [0.3, 0.4) is 0 Å². The van der Waals surface area contributed by atoms with Gasteiger partial charge in [0.2, 0.25) is 5.78 Å². The molecule has 0 saturated carbocycles. The number of benzene rings is 1. The van der Waals surface area contributed by atoms with Gasteiger partial charge in [-0.05, 0) is 29.3 Å². The zero-order chi connectivity index (χ0) is 15.3. The highest BCUT2D eigenvalue weighted by Gasteiger charge is 2.06. The molecule has 5 nitrogen and oxygen atoms in total. The van der Waals surface area contributed by atoms with Crippen LogP contribution in [-0.4, -0.2) is 23.7 Å². The quantitative estimate of drug-likeness (QED) is 0.521. The Morgan fingerprint density at radius 3 is 2.43 bits per heavy atom. The molecule has 0 saturated heterocycles. The van der Waals surface area contributed by atoms with Crippen LogP contribution in [0, 0.1) is 0 Å². The lowest BCUT2D eigenvalue weighted by Crippen LogP contribution is -2.01. The van der Waals surface area contributed by atoms with Crippen molar-refractivity contribution in [2.75, 3.05) is 0 Å². The van der Waals surface area contributed by atoms with Gasteiger partial charge in [0.25, 0.3) is 10.1 Å². The van der Waals surface area contributed by atoms with E-state index < -0.39 is 15.9 Å². The molecule has 2 aromatic rings. The van der Waals surface area contributed by atoms with Crippen molar-refractivity contribution < 1.29 is 17.8 Å². The van der Waals surface area contributed by atoms with Crippen molar-refractivity contribution in [1.82, 2.24) is 4.98 Å². The lowest BCUT2D eigenvalue weighted by atomic mass is 10.1. The summed E-state index contributed by atoms with van der Waals surface area (Å²) in [6.07, 6.45) is 4.57. The van der Waals surface area contributed by atoms with Gasteiger partial charge in [0.1, 0.15) is 11.4 Å². The summed E-state index contributed by atoms with van der Waals surface area (Å²) in [4.78, 5) is 15.8. The average molecular weight is 303 g/mol. The van der Waals surface area contributed by atoms with Crippen LogP contribution in [0.4, 0.5) is 0 Å².